The smallest absolute Gasteiger partial charge is 0.252 e. The Morgan fingerprint density at radius 1 is 0.870 bits per heavy atom. The van der Waals surface area contributed by atoms with E-state index in [1.165, 1.54) is 64.2 Å². The van der Waals surface area contributed by atoms with Crippen LogP contribution in [0.4, 0.5) is 0 Å². The van der Waals surface area contributed by atoms with E-state index in [4.69, 9.17) is 0 Å². The van der Waals surface area contributed by atoms with E-state index in [9.17, 15) is 9.59 Å². The highest BCUT2D eigenvalue weighted by atomic mass is 16.2. The number of hydrogen-bond acceptors (Lipinski definition) is 2. The van der Waals surface area contributed by atoms with Gasteiger partial charge in [0, 0.05) is 12.3 Å². The molecule has 2 amide bonds. The number of carbonyl (C=O) groups is 2. The lowest BCUT2D eigenvalue weighted by atomic mass is 10.0. The highest BCUT2D eigenvalue weighted by Crippen LogP contribution is 2.18. The van der Waals surface area contributed by atoms with Gasteiger partial charge in [-0.3, -0.25) is 9.59 Å². The van der Waals surface area contributed by atoms with Crippen LogP contribution >= 0.6 is 0 Å². The maximum absolute atomic E-state index is 11.3. The molecule has 23 heavy (non-hydrogen) atoms. The number of allylic oxidation sites excluding steroid dienone is 2. The van der Waals surface area contributed by atoms with Gasteiger partial charge in [0.05, 0.1) is 0 Å². The van der Waals surface area contributed by atoms with Crippen LogP contribution in [0.3, 0.4) is 0 Å². The molecule has 1 aliphatic rings. The fraction of sp³-hybridized carbons (Fsp3) is 0.800. The van der Waals surface area contributed by atoms with Crippen LogP contribution in [0.5, 0.6) is 0 Å². The first-order chi connectivity index (χ1) is 11.2. The first-order valence-electron chi connectivity index (χ1n) is 9.67. The molecule has 1 atom stereocenters. The van der Waals surface area contributed by atoms with Gasteiger partial charge in [-0.1, -0.05) is 76.9 Å². The third kappa shape index (κ3) is 10.3. The van der Waals surface area contributed by atoms with Crippen LogP contribution in [0.15, 0.2) is 12.2 Å². The van der Waals surface area contributed by atoms with Gasteiger partial charge in [-0.15, -0.1) is 0 Å². The number of imide groups is 1. The molecule has 1 rings (SSSR count). The van der Waals surface area contributed by atoms with Crippen molar-refractivity contribution in [3.8, 4) is 0 Å². The Balaban J connectivity index is 1.82. The third-order valence-corrected chi connectivity index (χ3v) is 4.58. The number of unbranched alkanes of at least 4 members (excludes halogenated alkanes) is 10. The summed E-state index contributed by atoms with van der Waals surface area (Å²) < 4.78 is 0. The number of nitrogens with zero attached hydrogens (tertiary/aromatic N) is 1. The number of rotatable bonds is 14. The van der Waals surface area contributed by atoms with Crippen LogP contribution in [-0.2, 0) is 9.59 Å². The second-order valence-electron chi connectivity index (χ2n) is 6.76. The van der Waals surface area contributed by atoms with E-state index < -0.39 is 0 Å². The maximum atomic E-state index is 11.3. The summed E-state index contributed by atoms with van der Waals surface area (Å²) >= 11 is 0. The standard InChI is InChI=1S/C20H34NO2/c1-2-3-4-5-6-7-8-9-10-11-12-13-14-15-16-18-17-19(22)21-20(18)23/h13-14,18H,2-12,15-17H2,1H3. The van der Waals surface area contributed by atoms with E-state index >= 15 is 0 Å². The van der Waals surface area contributed by atoms with E-state index in [0.29, 0.717) is 6.42 Å². The fourth-order valence-electron chi connectivity index (χ4n) is 3.07. The van der Waals surface area contributed by atoms with Gasteiger partial charge in [0.15, 0.2) is 0 Å². The fourth-order valence-corrected chi connectivity index (χ4v) is 3.07. The topological polar surface area (TPSA) is 48.2 Å². The predicted molar refractivity (Wildman–Crippen MR) is 95.1 cm³/mol. The summed E-state index contributed by atoms with van der Waals surface area (Å²) in [4.78, 5) is 22.3. The summed E-state index contributed by atoms with van der Waals surface area (Å²) in [5.41, 5.74) is 0. The van der Waals surface area contributed by atoms with Crippen LogP contribution < -0.4 is 5.32 Å². The van der Waals surface area contributed by atoms with Gasteiger partial charge >= 0.3 is 0 Å². The summed E-state index contributed by atoms with van der Waals surface area (Å²) in [5.74, 6) is -0.600. The summed E-state index contributed by atoms with van der Waals surface area (Å²) in [6.45, 7) is 2.26. The second kappa shape index (κ2) is 13.3. The molecule has 0 N–H and O–H groups in total. The van der Waals surface area contributed by atoms with Crippen molar-refractivity contribution in [1.29, 1.82) is 0 Å². The largest absolute Gasteiger partial charge is 0.272 e. The lowest BCUT2D eigenvalue weighted by Gasteiger charge is -2.02. The van der Waals surface area contributed by atoms with Crippen molar-refractivity contribution in [2.45, 2.75) is 96.8 Å². The van der Waals surface area contributed by atoms with E-state index in [-0.39, 0.29) is 17.7 Å². The molecule has 3 heteroatoms. The van der Waals surface area contributed by atoms with Crippen LogP contribution in [0.2, 0.25) is 0 Å². The predicted octanol–water partition coefficient (Wildman–Crippen LogP) is 5.31. The van der Waals surface area contributed by atoms with Crippen molar-refractivity contribution in [3.05, 3.63) is 12.2 Å². The molecular weight excluding hydrogens is 286 g/mol. The van der Waals surface area contributed by atoms with Crippen molar-refractivity contribution in [3.63, 3.8) is 0 Å². The van der Waals surface area contributed by atoms with E-state index in [2.05, 4.69) is 24.4 Å². The Bertz CT molecular complexity index is 363. The molecule has 0 aromatic rings. The molecule has 131 valence electrons. The van der Waals surface area contributed by atoms with E-state index in [1.807, 2.05) is 0 Å². The monoisotopic (exact) mass is 320 g/mol. The van der Waals surface area contributed by atoms with Gasteiger partial charge in [0.1, 0.15) is 0 Å². The lowest BCUT2D eigenvalue weighted by Crippen LogP contribution is -2.14. The summed E-state index contributed by atoms with van der Waals surface area (Å²) in [6, 6.07) is 0. The first kappa shape index (κ1) is 19.9. The van der Waals surface area contributed by atoms with Crippen molar-refractivity contribution < 1.29 is 9.59 Å². The molecule has 1 fully saturated rings. The maximum Gasteiger partial charge on any atom is 0.252 e. The molecule has 1 heterocycles. The first-order valence-corrected chi connectivity index (χ1v) is 9.67. The Labute approximate surface area is 142 Å². The molecule has 0 spiro atoms. The molecule has 1 aliphatic heterocycles. The van der Waals surface area contributed by atoms with Crippen molar-refractivity contribution in [2.24, 2.45) is 5.92 Å². The SMILES string of the molecule is CCCCCCCCCCCCC=CCCC1CC(=O)[N]C1=O. The molecule has 1 unspecified atom stereocenters. The molecule has 0 aliphatic carbocycles. The Morgan fingerprint density at radius 2 is 1.43 bits per heavy atom. The van der Waals surface area contributed by atoms with Gasteiger partial charge in [-0.05, 0) is 25.7 Å². The molecule has 3 nitrogen and oxygen atoms in total. The van der Waals surface area contributed by atoms with Gasteiger partial charge in [-0.25, -0.2) is 0 Å². The number of carbonyl (C=O) groups excluding carboxylic acids is 2. The molecule has 1 radical (unpaired) electrons. The van der Waals surface area contributed by atoms with Crippen LogP contribution in [-0.4, -0.2) is 11.8 Å². The van der Waals surface area contributed by atoms with Crippen molar-refractivity contribution >= 4 is 11.8 Å². The zero-order chi connectivity index (χ0) is 16.8. The van der Waals surface area contributed by atoms with Gasteiger partial charge in [-0.2, -0.15) is 5.32 Å². The van der Waals surface area contributed by atoms with Gasteiger partial charge in [0.25, 0.3) is 5.91 Å². The lowest BCUT2D eigenvalue weighted by molar-refractivity contribution is -0.126. The molecule has 0 aromatic heterocycles. The Kier molecular flexibility index (Phi) is 11.5. The second-order valence-corrected chi connectivity index (χ2v) is 6.76. The molecular formula is C20H34NO2. The summed E-state index contributed by atoms with van der Waals surface area (Å²) in [6.07, 6.45) is 21.2. The number of amides is 2. The van der Waals surface area contributed by atoms with Crippen LogP contribution in [0, 0.1) is 5.92 Å². The van der Waals surface area contributed by atoms with Crippen LogP contribution in [0.1, 0.15) is 96.8 Å². The molecule has 1 saturated heterocycles. The third-order valence-electron chi connectivity index (χ3n) is 4.58. The summed E-state index contributed by atoms with van der Waals surface area (Å²) in [7, 11) is 0. The van der Waals surface area contributed by atoms with Crippen LogP contribution in [0.25, 0.3) is 0 Å². The Morgan fingerprint density at radius 3 is 2.00 bits per heavy atom. The number of hydrogen-bond donors (Lipinski definition) is 0. The quantitative estimate of drug-likeness (QED) is 0.247. The minimum absolute atomic E-state index is 0.149. The average Bonchev–Trinajstić information content (AvgIpc) is 2.85. The normalized spacial score (nSPS) is 18.0. The summed E-state index contributed by atoms with van der Waals surface area (Å²) in [5, 5.41) is 3.45. The van der Waals surface area contributed by atoms with E-state index in [1.54, 1.807) is 0 Å². The van der Waals surface area contributed by atoms with Crippen molar-refractivity contribution in [2.75, 3.05) is 0 Å². The minimum Gasteiger partial charge on any atom is -0.272 e. The van der Waals surface area contributed by atoms with E-state index in [0.717, 1.165) is 19.3 Å². The highest BCUT2D eigenvalue weighted by Gasteiger charge is 2.31. The molecule has 0 saturated carbocycles. The minimum atomic E-state index is -0.241. The van der Waals surface area contributed by atoms with Gasteiger partial charge < -0.3 is 0 Å². The Hall–Kier alpha value is -1.12. The molecule has 0 bridgehead atoms. The van der Waals surface area contributed by atoms with Gasteiger partial charge in [0.2, 0.25) is 5.91 Å². The van der Waals surface area contributed by atoms with Crippen molar-refractivity contribution in [1.82, 2.24) is 5.32 Å². The zero-order valence-electron chi connectivity index (χ0n) is 14.9. The molecule has 0 aromatic carbocycles. The zero-order valence-corrected chi connectivity index (χ0v) is 14.9. The average molecular weight is 320 g/mol. The highest BCUT2D eigenvalue weighted by molar-refractivity contribution is 6.02.